The van der Waals surface area contributed by atoms with Gasteiger partial charge in [0, 0.05) is 36.1 Å². The number of carboxylic acids is 1. The first kappa shape index (κ1) is 14.9. The van der Waals surface area contributed by atoms with Crippen molar-refractivity contribution in [1.82, 2.24) is 10.3 Å². The van der Waals surface area contributed by atoms with E-state index in [0.29, 0.717) is 17.7 Å². The average Bonchev–Trinajstić information content (AvgIpc) is 2.33. The Hall–Kier alpha value is -2.17. The zero-order valence-electron chi connectivity index (χ0n) is 11.3. The fraction of sp³-hybridized carbons (Fsp3) is 0.357. The average molecular weight is 262 g/mol. The maximum absolute atomic E-state index is 12.0. The molecule has 0 saturated carbocycles. The van der Waals surface area contributed by atoms with E-state index in [-0.39, 0.29) is 11.3 Å². The normalized spacial score (nSPS) is 11.5. The van der Waals surface area contributed by atoms with Crippen molar-refractivity contribution in [2.24, 2.45) is 5.41 Å². The SMILES string of the molecule is CC(C)(C)CNC(=O)c1ccncc1C=CC(=O)O. The van der Waals surface area contributed by atoms with Crippen molar-refractivity contribution >= 4 is 18.0 Å². The van der Waals surface area contributed by atoms with Gasteiger partial charge >= 0.3 is 5.97 Å². The van der Waals surface area contributed by atoms with Crippen molar-refractivity contribution in [1.29, 1.82) is 0 Å². The van der Waals surface area contributed by atoms with Gasteiger partial charge in [-0.15, -0.1) is 0 Å². The topological polar surface area (TPSA) is 79.3 Å². The lowest BCUT2D eigenvalue weighted by Crippen LogP contribution is -2.32. The molecule has 1 rings (SSSR count). The van der Waals surface area contributed by atoms with Gasteiger partial charge in [0.05, 0.1) is 0 Å². The van der Waals surface area contributed by atoms with Crippen LogP contribution in [0.4, 0.5) is 0 Å². The molecule has 0 bridgehead atoms. The summed E-state index contributed by atoms with van der Waals surface area (Å²) < 4.78 is 0. The summed E-state index contributed by atoms with van der Waals surface area (Å²) in [6.45, 7) is 6.59. The van der Waals surface area contributed by atoms with E-state index in [0.717, 1.165) is 6.08 Å². The van der Waals surface area contributed by atoms with Crippen molar-refractivity contribution in [3.63, 3.8) is 0 Å². The molecule has 19 heavy (non-hydrogen) atoms. The highest BCUT2D eigenvalue weighted by Crippen LogP contribution is 2.13. The Morgan fingerprint density at radius 3 is 2.68 bits per heavy atom. The third-order valence-electron chi connectivity index (χ3n) is 2.28. The van der Waals surface area contributed by atoms with Crippen LogP contribution in [0.25, 0.3) is 6.08 Å². The molecule has 0 radical (unpaired) electrons. The number of amides is 1. The second-order valence-electron chi connectivity index (χ2n) is 5.38. The summed E-state index contributed by atoms with van der Waals surface area (Å²) in [5.74, 6) is -1.30. The maximum atomic E-state index is 12.0. The smallest absolute Gasteiger partial charge is 0.328 e. The van der Waals surface area contributed by atoms with Crippen LogP contribution in [-0.4, -0.2) is 28.5 Å². The van der Waals surface area contributed by atoms with Crippen LogP contribution in [0, 0.1) is 5.41 Å². The Morgan fingerprint density at radius 1 is 1.42 bits per heavy atom. The molecule has 0 spiro atoms. The van der Waals surface area contributed by atoms with Crippen LogP contribution in [0.15, 0.2) is 24.5 Å². The van der Waals surface area contributed by atoms with Gasteiger partial charge in [-0.1, -0.05) is 20.8 Å². The van der Waals surface area contributed by atoms with Crippen LogP contribution in [0.2, 0.25) is 0 Å². The first-order valence-corrected chi connectivity index (χ1v) is 5.93. The predicted octanol–water partition coefficient (Wildman–Crippen LogP) is 1.96. The van der Waals surface area contributed by atoms with Crippen LogP contribution < -0.4 is 5.32 Å². The molecule has 102 valence electrons. The molecule has 0 fully saturated rings. The van der Waals surface area contributed by atoms with Gasteiger partial charge in [0.15, 0.2) is 0 Å². The lowest BCUT2D eigenvalue weighted by atomic mass is 9.97. The van der Waals surface area contributed by atoms with Crippen molar-refractivity contribution in [3.05, 3.63) is 35.7 Å². The fourth-order valence-electron chi connectivity index (χ4n) is 1.35. The summed E-state index contributed by atoms with van der Waals surface area (Å²) in [5, 5.41) is 11.4. The highest BCUT2D eigenvalue weighted by Gasteiger charge is 2.14. The Bertz CT molecular complexity index is 502. The lowest BCUT2D eigenvalue weighted by Gasteiger charge is -2.19. The van der Waals surface area contributed by atoms with Crippen LogP contribution in [-0.2, 0) is 4.79 Å². The molecule has 1 heterocycles. The largest absolute Gasteiger partial charge is 0.478 e. The minimum absolute atomic E-state index is 0.0141. The lowest BCUT2D eigenvalue weighted by molar-refractivity contribution is -0.131. The molecule has 0 aromatic carbocycles. The first-order valence-electron chi connectivity index (χ1n) is 5.93. The molecule has 1 amide bonds. The van der Waals surface area contributed by atoms with Crippen molar-refractivity contribution in [2.45, 2.75) is 20.8 Å². The molecule has 0 aliphatic heterocycles. The number of hydrogen-bond acceptors (Lipinski definition) is 3. The van der Waals surface area contributed by atoms with Crippen LogP contribution in [0.1, 0.15) is 36.7 Å². The van der Waals surface area contributed by atoms with E-state index in [1.165, 1.54) is 18.5 Å². The van der Waals surface area contributed by atoms with Crippen molar-refractivity contribution < 1.29 is 14.7 Å². The first-order chi connectivity index (χ1) is 8.79. The number of aromatic nitrogens is 1. The van der Waals surface area contributed by atoms with Gasteiger partial charge in [0.2, 0.25) is 0 Å². The number of hydrogen-bond donors (Lipinski definition) is 2. The zero-order chi connectivity index (χ0) is 14.5. The van der Waals surface area contributed by atoms with Gasteiger partial charge < -0.3 is 10.4 Å². The fourth-order valence-corrected chi connectivity index (χ4v) is 1.35. The third-order valence-corrected chi connectivity index (χ3v) is 2.28. The molecule has 0 unspecified atom stereocenters. The number of carbonyl (C=O) groups is 2. The minimum atomic E-state index is -1.06. The van der Waals surface area contributed by atoms with Crippen LogP contribution in [0.5, 0.6) is 0 Å². The molecule has 0 aliphatic rings. The van der Waals surface area contributed by atoms with Crippen LogP contribution in [0.3, 0.4) is 0 Å². The Labute approximate surface area is 112 Å². The summed E-state index contributed by atoms with van der Waals surface area (Å²) in [4.78, 5) is 26.4. The van der Waals surface area contributed by atoms with Gasteiger partial charge in [-0.3, -0.25) is 9.78 Å². The van der Waals surface area contributed by atoms with E-state index in [9.17, 15) is 9.59 Å². The van der Waals surface area contributed by atoms with E-state index < -0.39 is 5.97 Å². The van der Waals surface area contributed by atoms with Crippen molar-refractivity contribution in [2.75, 3.05) is 6.54 Å². The molecule has 0 saturated heterocycles. The molecule has 1 aromatic heterocycles. The number of nitrogens with one attached hydrogen (secondary N) is 1. The quantitative estimate of drug-likeness (QED) is 0.813. The molecule has 0 aliphatic carbocycles. The van der Waals surface area contributed by atoms with Gasteiger partial charge in [0.1, 0.15) is 0 Å². The Kier molecular flexibility index (Phi) is 4.80. The summed E-state index contributed by atoms with van der Waals surface area (Å²) in [7, 11) is 0. The Balaban J connectivity index is 2.88. The molecular weight excluding hydrogens is 244 g/mol. The molecule has 5 heteroatoms. The predicted molar refractivity (Wildman–Crippen MR) is 72.7 cm³/mol. The number of carboxylic acid groups (broad SMARTS) is 1. The van der Waals surface area contributed by atoms with E-state index in [4.69, 9.17) is 5.11 Å². The second-order valence-corrected chi connectivity index (χ2v) is 5.38. The molecular formula is C14H18N2O3. The van der Waals surface area contributed by atoms with Crippen LogP contribution >= 0.6 is 0 Å². The summed E-state index contributed by atoms with van der Waals surface area (Å²) >= 11 is 0. The van der Waals surface area contributed by atoms with Gasteiger partial charge in [-0.2, -0.15) is 0 Å². The highest BCUT2D eigenvalue weighted by atomic mass is 16.4. The second kappa shape index (κ2) is 6.13. The number of carbonyl (C=O) groups excluding carboxylic acids is 1. The third kappa shape index (κ3) is 5.33. The number of nitrogens with zero attached hydrogens (tertiary/aromatic N) is 1. The zero-order valence-corrected chi connectivity index (χ0v) is 11.3. The summed E-state index contributed by atoms with van der Waals surface area (Å²) in [6, 6.07) is 1.57. The van der Waals surface area contributed by atoms with Gasteiger partial charge in [-0.05, 0) is 17.6 Å². The van der Waals surface area contributed by atoms with E-state index >= 15 is 0 Å². The van der Waals surface area contributed by atoms with Crippen molar-refractivity contribution in [3.8, 4) is 0 Å². The minimum Gasteiger partial charge on any atom is -0.478 e. The van der Waals surface area contributed by atoms with E-state index in [1.54, 1.807) is 6.07 Å². The maximum Gasteiger partial charge on any atom is 0.328 e. The summed E-state index contributed by atoms with van der Waals surface area (Å²) in [6.07, 6.45) is 5.31. The number of pyridine rings is 1. The van der Waals surface area contributed by atoms with E-state index in [2.05, 4.69) is 10.3 Å². The Morgan fingerprint density at radius 2 is 2.11 bits per heavy atom. The standard InChI is InChI=1S/C14H18N2O3/c1-14(2,3)9-16-13(19)11-6-7-15-8-10(11)4-5-12(17)18/h4-8H,9H2,1-3H3,(H,16,19)(H,17,18). The number of rotatable bonds is 4. The number of aliphatic carboxylic acids is 1. The molecule has 0 atom stereocenters. The molecule has 1 aromatic rings. The molecule has 2 N–H and O–H groups in total. The summed E-state index contributed by atoms with van der Waals surface area (Å²) in [5.41, 5.74) is 0.882. The highest BCUT2D eigenvalue weighted by molar-refractivity contribution is 5.98. The van der Waals surface area contributed by atoms with E-state index in [1.807, 2.05) is 20.8 Å². The monoisotopic (exact) mass is 262 g/mol. The molecule has 5 nitrogen and oxygen atoms in total. The van der Waals surface area contributed by atoms with Gasteiger partial charge in [-0.25, -0.2) is 4.79 Å². The van der Waals surface area contributed by atoms with Gasteiger partial charge in [0.25, 0.3) is 5.91 Å².